The average molecular weight is 234 g/mol. The number of hydrogen-bond donors (Lipinski definition) is 1. The lowest BCUT2D eigenvalue weighted by atomic mass is 9.91. The van der Waals surface area contributed by atoms with E-state index in [-0.39, 0.29) is 11.8 Å². The molecular weight excluding hydrogens is 216 g/mol. The summed E-state index contributed by atoms with van der Waals surface area (Å²) in [6.45, 7) is 2.23. The SMILES string of the molecule is C#CCCN1C(=O)C2(CCCC2)NC(=O)C1C. The van der Waals surface area contributed by atoms with Crippen LogP contribution >= 0.6 is 0 Å². The minimum Gasteiger partial charge on any atom is -0.340 e. The maximum absolute atomic E-state index is 12.5. The normalized spacial score (nSPS) is 27.1. The van der Waals surface area contributed by atoms with Gasteiger partial charge in [-0.2, -0.15) is 0 Å². The van der Waals surface area contributed by atoms with E-state index in [4.69, 9.17) is 6.42 Å². The summed E-state index contributed by atoms with van der Waals surface area (Å²) in [5.74, 6) is 2.53. The van der Waals surface area contributed by atoms with Crippen LogP contribution in [0.1, 0.15) is 39.0 Å². The molecule has 2 aliphatic rings. The van der Waals surface area contributed by atoms with Gasteiger partial charge in [0.1, 0.15) is 11.6 Å². The molecule has 1 N–H and O–H groups in total. The van der Waals surface area contributed by atoms with Crippen molar-refractivity contribution >= 4 is 11.8 Å². The molecular formula is C13H18N2O2. The largest absolute Gasteiger partial charge is 0.340 e. The van der Waals surface area contributed by atoms with E-state index in [1.807, 2.05) is 0 Å². The van der Waals surface area contributed by atoms with Gasteiger partial charge in [-0.25, -0.2) is 0 Å². The van der Waals surface area contributed by atoms with E-state index in [9.17, 15) is 9.59 Å². The molecule has 0 aromatic carbocycles. The van der Waals surface area contributed by atoms with Crippen LogP contribution in [0.15, 0.2) is 0 Å². The molecule has 1 unspecified atom stereocenters. The zero-order chi connectivity index (χ0) is 12.5. The Labute approximate surface area is 102 Å². The summed E-state index contributed by atoms with van der Waals surface area (Å²) in [6.07, 6.45) is 9.26. The van der Waals surface area contributed by atoms with Crippen molar-refractivity contribution in [1.82, 2.24) is 10.2 Å². The second-order valence-corrected chi connectivity index (χ2v) is 4.91. The van der Waals surface area contributed by atoms with Gasteiger partial charge in [-0.1, -0.05) is 12.8 Å². The van der Waals surface area contributed by atoms with Gasteiger partial charge in [-0.3, -0.25) is 9.59 Å². The van der Waals surface area contributed by atoms with Gasteiger partial charge in [0, 0.05) is 13.0 Å². The highest BCUT2D eigenvalue weighted by molar-refractivity contribution is 5.99. The molecule has 0 aromatic heterocycles. The molecule has 2 fully saturated rings. The second-order valence-electron chi connectivity index (χ2n) is 4.91. The van der Waals surface area contributed by atoms with E-state index in [1.165, 1.54) is 0 Å². The van der Waals surface area contributed by atoms with Crippen LogP contribution in [0.4, 0.5) is 0 Å². The van der Waals surface area contributed by atoms with Crippen molar-refractivity contribution in [3.63, 3.8) is 0 Å². The van der Waals surface area contributed by atoms with Crippen LogP contribution in [-0.2, 0) is 9.59 Å². The van der Waals surface area contributed by atoms with Crippen LogP contribution in [0.2, 0.25) is 0 Å². The van der Waals surface area contributed by atoms with Crippen molar-refractivity contribution in [2.45, 2.75) is 50.6 Å². The molecule has 1 saturated heterocycles. The number of rotatable bonds is 2. The van der Waals surface area contributed by atoms with Crippen molar-refractivity contribution in [3.8, 4) is 12.3 Å². The van der Waals surface area contributed by atoms with Crippen LogP contribution in [0.3, 0.4) is 0 Å². The van der Waals surface area contributed by atoms with Crippen molar-refractivity contribution in [1.29, 1.82) is 0 Å². The van der Waals surface area contributed by atoms with E-state index in [1.54, 1.807) is 11.8 Å². The minimum absolute atomic E-state index is 0.0523. The van der Waals surface area contributed by atoms with Crippen LogP contribution in [0.25, 0.3) is 0 Å². The van der Waals surface area contributed by atoms with Crippen LogP contribution in [0.5, 0.6) is 0 Å². The van der Waals surface area contributed by atoms with Crippen molar-refractivity contribution in [2.75, 3.05) is 6.54 Å². The average Bonchev–Trinajstić information content (AvgIpc) is 2.76. The van der Waals surface area contributed by atoms with Gasteiger partial charge < -0.3 is 10.2 Å². The summed E-state index contributed by atoms with van der Waals surface area (Å²) in [6, 6.07) is -0.401. The zero-order valence-electron chi connectivity index (χ0n) is 10.2. The predicted octanol–water partition coefficient (Wildman–Crippen LogP) is 0.669. The predicted molar refractivity (Wildman–Crippen MR) is 64.0 cm³/mol. The lowest BCUT2D eigenvalue weighted by Gasteiger charge is -2.43. The Morgan fingerprint density at radius 2 is 2.12 bits per heavy atom. The maximum atomic E-state index is 12.5. The third kappa shape index (κ3) is 1.90. The molecule has 0 aromatic rings. The second kappa shape index (κ2) is 4.40. The quantitative estimate of drug-likeness (QED) is 0.714. The minimum atomic E-state index is -0.627. The third-order valence-electron chi connectivity index (χ3n) is 3.83. The lowest BCUT2D eigenvalue weighted by Crippen LogP contribution is -2.68. The van der Waals surface area contributed by atoms with Crippen molar-refractivity contribution < 1.29 is 9.59 Å². The molecule has 0 bridgehead atoms. The van der Waals surface area contributed by atoms with Crippen LogP contribution in [0, 0.1) is 12.3 Å². The monoisotopic (exact) mass is 234 g/mol. The molecule has 2 rings (SSSR count). The van der Waals surface area contributed by atoms with Gasteiger partial charge in [-0.05, 0) is 19.8 Å². The first-order valence-corrected chi connectivity index (χ1v) is 6.17. The Morgan fingerprint density at radius 3 is 2.71 bits per heavy atom. The fourth-order valence-corrected chi connectivity index (χ4v) is 2.78. The Bertz CT molecular complexity index is 377. The highest BCUT2D eigenvalue weighted by atomic mass is 16.2. The molecule has 4 heteroatoms. The molecule has 17 heavy (non-hydrogen) atoms. The maximum Gasteiger partial charge on any atom is 0.249 e. The van der Waals surface area contributed by atoms with Gasteiger partial charge >= 0.3 is 0 Å². The third-order valence-corrected chi connectivity index (χ3v) is 3.83. The molecule has 1 aliphatic carbocycles. The van der Waals surface area contributed by atoms with Crippen LogP contribution in [-0.4, -0.2) is 34.8 Å². The van der Waals surface area contributed by atoms with Gasteiger partial charge in [0.2, 0.25) is 11.8 Å². The zero-order valence-corrected chi connectivity index (χ0v) is 10.2. The highest BCUT2D eigenvalue weighted by Gasteiger charge is 2.50. The topological polar surface area (TPSA) is 49.4 Å². The Morgan fingerprint density at radius 1 is 1.47 bits per heavy atom. The van der Waals surface area contributed by atoms with Gasteiger partial charge in [0.15, 0.2) is 0 Å². The summed E-state index contributed by atoms with van der Waals surface area (Å²) in [7, 11) is 0. The summed E-state index contributed by atoms with van der Waals surface area (Å²) < 4.78 is 0. The first kappa shape index (κ1) is 12.0. The molecule has 1 atom stereocenters. The summed E-state index contributed by atoms with van der Waals surface area (Å²) in [5, 5.41) is 2.92. The van der Waals surface area contributed by atoms with E-state index < -0.39 is 11.6 Å². The molecule has 1 aliphatic heterocycles. The molecule has 92 valence electrons. The number of nitrogens with zero attached hydrogens (tertiary/aromatic N) is 1. The molecule has 1 saturated carbocycles. The number of carbonyl (C=O) groups excluding carboxylic acids is 2. The summed E-state index contributed by atoms with van der Waals surface area (Å²) in [4.78, 5) is 26.0. The lowest BCUT2D eigenvalue weighted by molar-refractivity contribution is -0.154. The molecule has 4 nitrogen and oxygen atoms in total. The molecule has 1 heterocycles. The van der Waals surface area contributed by atoms with Gasteiger partial charge in [0.05, 0.1) is 0 Å². The van der Waals surface area contributed by atoms with Crippen LogP contribution < -0.4 is 5.32 Å². The number of piperazine rings is 1. The number of terminal acetylenes is 1. The number of carbonyl (C=O) groups is 2. The Balaban J connectivity index is 2.21. The summed E-state index contributed by atoms with van der Waals surface area (Å²) >= 11 is 0. The first-order valence-electron chi connectivity index (χ1n) is 6.17. The van der Waals surface area contributed by atoms with E-state index in [2.05, 4.69) is 11.2 Å². The molecule has 2 amide bonds. The fraction of sp³-hybridized carbons (Fsp3) is 0.692. The van der Waals surface area contributed by atoms with Gasteiger partial charge in [-0.15, -0.1) is 12.3 Å². The number of amides is 2. The smallest absolute Gasteiger partial charge is 0.249 e. The Kier molecular flexibility index (Phi) is 3.10. The fourth-order valence-electron chi connectivity index (χ4n) is 2.78. The molecule has 0 radical (unpaired) electrons. The Hall–Kier alpha value is -1.50. The standard InChI is InChI=1S/C13H18N2O2/c1-3-4-9-15-10(2)11(16)14-13(12(15)17)7-5-6-8-13/h1,10H,4-9H2,2H3,(H,14,16). The highest BCUT2D eigenvalue weighted by Crippen LogP contribution is 2.34. The summed E-state index contributed by atoms with van der Waals surface area (Å²) in [5.41, 5.74) is -0.627. The van der Waals surface area contributed by atoms with E-state index in [0.717, 1.165) is 25.7 Å². The van der Waals surface area contributed by atoms with Gasteiger partial charge in [0.25, 0.3) is 0 Å². The molecule has 1 spiro atoms. The first-order chi connectivity index (χ1) is 8.10. The van der Waals surface area contributed by atoms with E-state index in [0.29, 0.717) is 13.0 Å². The number of nitrogens with one attached hydrogen (secondary N) is 1. The number of hydrogen-bond acceptors (Lipinski definition) is 2. The van der Waals surface area contributed by atoms with E-state index >= 15 is 0 Å². The van der Waals surface area contributed by atoms with Crippen molar-refractivity contribution in [2.24, 2.45) is 0 Å². The van der Waals surface area contributed by atoms with Crippen molar-refractivity contribution in [3.05, 3.63) is 0 Å².